The van der Waals surface area contributed by atoms with Crippen LogP contribution in [0.15, 0.2) is 42.5 Å². The summed E-state index contributed by atoms with van der Waals surface area (Å²) < 4.78 is 24.3. The van der Waals surface area contributed by atoms with Gasteiger partial charge >= 0.3 is 5.97 Å². The average Bonchev–Trinajstić information content (AvgIpc) is 2.99. The summed E-state index contributed by atoms with van der Waals surface area (Å²) in [5.41, 5.74) is 2.28. The van der Waals surface area contributed by atoms with Gasteiger partial charge in [-0.15, -0.1) is 0 Å². The van der Waals surface area contributed by atoms with E-state index in [-0.39, 0.29) is 29.4 Å². The maximum absolute atomic E-state index is 13.8. The number of anilines is 1. The summed E-state index contributed by atoms with van der Waals surface area (Å²) in [6.45, 7) is 3.33. The van der Waals surface area contributed by atoms with E-state index in [4.69, 9.17) is 9.47 Å². The van der Waals surface area contributed by atoms with E-state index >= 15 is 0 Å². The van der Waals surface area contributed by atoms with Gasteiger partial charge in [-0.3, -0.25) is 14.4 Å². The Morgan fingerprint density at radius 3 is 2.57 bits per heavy atom. The standard InChI is InChI=1S/C23H22FNO5/c1-4-30-20(27)11-8-15-6-5-7-16(12-15)22(29-3)21-18-10-9-17(24)13-19(18)25(14(2)26)23(21)28/h5-7,9-10,12-13H,4,8,11H2,1-3H3. The molecule has 3 rings (SSSR count). The number of methoxy groups -OCH3 is 1. The highest BCUT2D eigenvalue weighted by Crippen LogP contribution is 2.41. The number of nitrogens with zero attached hydrogens (tertiary/aromatic N) is 1. The Kier molecular flexibility index (Phi) is 6.30. The molecule has 1 aliphatic rings. The van der Waals surface area contributed by atoms with Crippen molar-refractivity contribution in [3.8, 4) is 0 Å². The number of imide groups is 1. The van der Waals surface area contributed by atoms with E-state index in [1.54, 1.807) is 19.1 Å². The second-order valence-electron chi connectivity index (χ2n) is 6.73. The number of benzene rings is 2. The summed E-state index contributed by atoms with van der Waals surface area (Å²) >= 11 is 0. The fraction of sp³-hybridized carbons (Fsp3) is 0.261. The van der Waals surface area contributed by atoms with Crippen molar-refractivity contribution in [2.75, 3.05) is 18.6 Å². The lowest BCUT2D eigenvalue weighted by Gasteiger charge is -2.13. The monoisotopic (exact) mass is 411 g/mol. The summed E-state index contributed by atoms with van der Waals surface area (Å²) in [6.07, 6.45) is 0.698. The predicted molar refractivity (Wildman–Crippen MR) is 110 cm³/mol. The van der Waals surface area contributed by atoms with Gasteiger partial charge in [0.2, 0.25) is 5.91 Å². The van der Waals surface area contributed by atoms with E-state index in [9.17, 15) is 18.8 Å². The molecule has 0 atom stereocenters. The molecule has 0 saturated heterocycles. The second-order valence-corrected chi connectivity index (χ2v) is 6.73. The van der Waals surface area contributed by atoms with E-state index in [0.29, 0.717) is 24.2 Å². The van der Waals surface area contributed by atoms with E-state index in [2.05, 4.69) is 0 Å². The number of aryl methyl sites for hydroxylation is 1. The summed E-state index contributed by atoms with van der Waals surface area (Å²) in [4.78, 5) is 37.7. The van der Waals surface area contributed by atoms with Crippen molar-refractivity contribution in [1.29, 1.82) is 0 Å². The highest BCUT2D eigenvalue weighted by atomic mass is 19.1. The molecule has 6 nitrogen and oxygen atoms in total. The van der Waals surface area contributed by atoms with Gasteiger partial charge in [-0.25, -0.2) is 9.29 Å². The number of carbonyl (C=O) groups is 3. The Hall–Kier alpha value is -3.48. The summed E-state index contributed by atoms with van der Waals surface area (Å²) in [5.74, 6) is -1.65. The van der Waals surface area contributed by atoms with Crippen LogP contribution in [-0.4, -0.2) is 31.5 Å². The topological polar surface area (TPSA) is 72.9 Å². The number of rotatable bonds is 6. The Morgan fingerprint density at radius 2 is 1.90 bits per heavy atom. The molecule has 156 valence electrons. The molecule has 0 radical (unpaired) electrons. The number of halogens is 1. The van der Waals surface area contributed by atoms with Gasteiger partial charge in [-0.2, -0.15) is 0 Å². The maximum Gasteiger partial charge on any atom is 0.306 e. The van der Waals surface area contributed by atoms with Crippen LogP contribution in [0, 0.1) is 5.82 Å². The van der Waals surface area contributed by atoms with Gasteiger partial charge in [-0.1, -0.05) is 18.2 Å². The van der Waals surface area contributed by atoms with Gasteiger partial charge in [0.25, 0.3) is 5.91 Å². The first-order valence-electron chi connectivity index (χ1n) is 9.55. The molecular formula is C23H22FNO5. The number of hydrogen-bond acceptors (Lipinski definition) is 5. The molecule has 1 aliphatic heterocycles. The average molecular weight is 411 g/mol. The van der Waals surface area contributed by atoms with Crippen molar-refractivity contribution in [2.45, 2.75) is 26.7 Å². The third-order valence-electron chi connectivity index (χ3n) is 4.75. The van der Waals surface area contributed by atoms with Crippen LogP contribution in [0.4, 0.5) is 10.1 Å². The molecule has 0 unspecified atom stereocenters. The van der Waals surface area contributed by atoms with Crippen molar-refractivity contribution in [2.24, 2.45) is 0 Å². The third-order valence-corrected chi connectivity index (χ3v) is 4.75. The number of carbonyl (C=O) groups excluding carboxylic acids is 3. The van der Waals surface area contributed by atoms with Crippen LogP contribution in [0.25, 0.3) is 11.3 Å². The normalized spacial score (nSPS) is 14.4. The fourth-order valence-corrected chi connectivity index (χ4v) is 3.48. The first-order valence-corrected chi connectivity index (χ1v) is 9.55. The molecule has 1 heterocycles. The molecule has 0 saturated carbocycles. The van der Waals surface area contributed by atoms with Crippen LogP contribution >= 0.6 is 0 Å². The predicted octanol–water partition coefficient (Wildman–Crippen LogP) is 3.73. The summed E-state index contributed by atoms with van der Waals surface area (Å²) in [6, 6.07) is 11.1. The van der Waals surface area contributed by atoms with Crippen LogP contribution in [0.1, 0.15) is 37.0 Å². The zero-order valence-electron chi connectivity index (χ0n) is 17.0. The van der Waals surface area contributed by atoms with Crippen LogP contribution < -0.4 is 4.90 Å². The molecule has 2 amide bonds. The summed E-state index contributed by atoms with van der Waals surface area (Å²) in [5, 5.41) is 0. The van der Waals surface area contributed by atoms with E-state index < -0.39 is 17.6 Å². The van der Waals surface area contributed by atoms with Crippen LogP contribution in [0.5, 0.6) is 0 Å². The number of esters is 1. The molecule has 0 aliphatic carbocycles. The first kappa shape index (κ1) is 21.2. The third kappa shape index (κ3) is 4.10. The van der Waals surface area contributed by atoms with Gasteiger partial charge in [0.1, 0.15) is 11.6 Å². The lowest BCUT2D eigenvalue weighted by atomic mass is 9.99. The number of amides is 2. The highest BCUT2D eigenvalue weighted by Gasteiger charge is 2.38. The quantitative estimate of drug-likeness (QED) is 0.411. The molecule has 0 fully saturated rings. The van der Waals surface area contributed by atoms with Crippen LogP contribution in [0.2, 0.25) is 0 Å². The molecule has 7 heteroatoms. The molecule has 0 bridgehead atoms. The van der Waals surface area contributed by atoms with Crippen molar-refractivity contribution in [3.05, 3.63) is 65.0 Å². The molecule has 2 aromatic carbocycles. The number of ether oxygens (including phenoxy) is 2. The molecule has 0 aromatic heterocycles. The van der Waals surface area contributed by atoms with Crippen LogP contribution in [0.3, 0.4) is 0 Å². The van der Waals surface area contributed by atoms with Gasteiger partial charge in [0, 0.05) is 24.5 Å². The van der Waals surface area contributed by atoms with E-state index in [1.807, 2.05) is 12.1 Å². The van der Waals surface area contributed by atoms with Gasteiger partial charge in [-0.05, 0) is 43.2 Å². The van der Waals surface area contributed by atoms with Gasteiger partial charge in [0.05, 0.1) is 25.0 Å². The van der Waals surface area contributed by atoms with Crippen molar-refractivity contribution in [3.63, 3.8) is 0 Å². The smallest absolute Gasteiger partial charge is 0.306 e. The minimum absolute atomic E-state index is 0.185. The number of hydrogen-bond donors (Lipinski definition) is 0. The van der Waals surface area contributed by atoms with Crippen molar-refractivity contribution < 1.29 is 28.2 Å². The Labute approximate surface area is 173 Å². The highest BCUT2D eigenvalue weighted by molar-refractivity contribution is 6.42. The zero-order chi connectivity index (χ0) is 21.8. The minimum atomic E-state index is -0.572. The fourth-order valence-electron chi connectivity index (χ4n) is 3.48. The summed E-state index contributed by atoms with van der Waals surface area (Å²) in [7, 11) is 1.43. The van der Waals surface area contributed by atoms with Crippen molar-refractivity contribution in [1.82, 2.24) is 0 Å². The first-order chi connectivity index (χ1) is 14.4. The lowest BCUT2D eigenvalue weighted by molar-refractivity contribution is -0.143. The van der Waals surface area contributed by atoms with Gasteiger partial charge in [0.15, 0.2) is 0 Å². The molecule has 30 heavy (non-hydrogen) atoms. The molecule has 0 N–H and O–H groups in total. The lowest BCUT2D eigenvalue weighted by Crippen LogP contribution is -2.31. The van der Waals surface area contributed by atoms with Crippen molar-refractivity contribution >= 4 is 34.8 Å². The SMILES string of the molecule is CCOC(=O)CCc1cccc(C(OC)=C2C(=O)N(C(C)=O)c3cc(F)ccc32)c1. The zero-order valence-corrected chi connectivity index (χ0v) is 17.0. The minimum Gasteiger partial charge on any atom is -0.495 e. The van der Waals surface area contributed by atoms with E-state index in [1.165, 1.54) is 26.2 Å². The largest absolute Gasteiger partial charge is 0.495 e. The molecule has 0 spiro atoms. The Bertz CT molecular complexity index is 1040. The molecular weight excluding hydrogens is 389 g/mol. The Morgan fingerprint density at radius 1 is 1.13 bits per heavy atom. The maximum atomic E-state index is 13.8. The van der Waals surface area contributed by atoms with Gasteiger partial charge < -0.3 is 9.47 Å². The Balaban J connectivity index is 2.05. The van der Waals surface area contributed by atoms with E-state index in [0.717, 1.165) is 16.5 Å². The number of fused-ring (bicyclic) bond motifs is 1. The van der Waals surface area contributed by atoms with Crippen LogP contribution in [-0.2, 0) is 30.3 Å². The molecule has 2 aromatic rings. The second kappa shape index (κ2) is 8.90.